The lowest BCUT2D eigenvalue weighted by atomic mass is 10.0. The molecule has 0 bridgehead atoms. The number of benzene rings is 2. The molecule has 0 unspecified atom stereocenters. The van der Waals surface area contributed by atoms with Gasteiger partial charge in [-0.2, -0.15) is 0 Å². The number of halogens is 1. The van der Waals surface area contributed by atoms with E-state index in [9.17, 15) is 9.59 Å². The van der Waals surface area contributed by atoms with Crippen LogP contribution in [0.5, 0.6) is 0 Å². The number of oxazole rings is 1. The third kappa shape index (κ3) is 2.38. The molecule has 2 aromatic carbocycles. The zero-order valence-electron chi connectivity index (χ0n) is 10.4. The van der Waals surface area contributed by atoms with Crippen molar-refractivity contribution >= 4 is 28.5 Å². The third-order valence-electron chi connectivity index (χ3n) is 3.05. The minimum Gasteiger partial charge on any atom is -0.408 e. The van der Waals surface area contributed by atoms with E-state index in [0.29, 0.717) is 21.7 Å². The van der Waals surface area contributed by atoms with Crippen LogP contribution in [0.3, 0.4) is 0 Å². The van der Waals surface area contributed by atoms with Gasteiger partial charge in [0.25, 0.3) is 0 Å². The van der Waals surface area contributed by atoms with E-state index in [-0.39, 0.29) is 12.2 Å². The van der Waals surface area contributed by atoms with E-state index in [1.54, 1.807) is 24.3 Å². The molecule has 100 valence electrons. The van der Waals surface area contributed by atoms with Gasteiger partial charge < -0.3 is 4.42 Å². The fraction of sp³-hybridized carbons (Fsp3) is 0.0667. The maximum absolute atomic E-state index is 12.2. The lowest BCUT2D eigenvalue weighted by molar-refractivity contribution is 0.0993. The lowest BCUT2D eigenvalue weighted by Gasteiger charge is -2.03. The van der Waals surface area contributed by atoms with Crippen molar-refractivity contribution < 1.29 is 9.21 Å². The van der Waals surface area contributed by atoms with Crippen LogP contribution in [0.1, 0.15) is 15.9 Å². The number of carbonyl (C=O) groups excluding carboxylic acids is 1. The fourth-order valence-corrected chi connectivity index (χ4v) is 2.24. The van der Waals surface area contributed by atoms with Gasteiger partial charge in [0, 0.05) is 17.0 Å². The van der Waals surface area contributed by atoms with Gasteiger partial charge in [-0.1, -0.05) is 29.8 Å². The number of rotatable bonds is 3. The molecule has 0 aliphatic rings. The highest BCUT2D eigenvalue weighted by atomic mass is 35.5. The Balaban J connectivity index is 1.92. The summed E-state index contributed by atoms with van der Waals surface area (Å²) >= 11 is 6.04. The van der Waals surface area contributed by atoms with E-state index in [1.165, 1.54) is 0 Å². The fourth-order valence-electron chi connectivity index (χ4n) is 2.04. The molecule has 3 aromatic rings. The van der Waals surface area contributed by atoms with E-state index in [2.05, 4.69) is 4.98 Å². The Hall–Kier alpha value is -2.33. The Labute approximate surface area is 119 Å². The smallest absolute Gasteiger partial charge is 0.408 e. The average molecular weight is 288 g/mol. The first-order chi connectivity index (χ1) is 9.63. The van der Waals surface area contributed by atoms with Gasteiger partial charge in [0.2, 0.25) is 0 Å². The maximum Gasteiger partial charge on any atom is 0.417 e. The number of Topliss-reactive ketones (excluding diaryl/α,β-unsaturated/α-hetero) is 1. The van der Waals surface area contributed by atoms with Crippen molar-refractivity contribution in [1.29, 1.82) is 0 Å². The first kappa shape index (κ1) is 12.7. The highest BCUT2D eigenvalue weighted by Crippen LogP contribution is 2.19. The number of ketones is 1. The second kappa shape index (κ2) is 4.98. The summed E-state index contributed by atoms with van der Waals surface area (Å²) in [5.41, 5.74) is 2.21. The zero-order chi connectivity index (χ0) is 14.1. The number of carbonyl (C=O) groups is 1. The first-order valence-corrected chi connectivity index (χ1v) is 6.41. The first-order valence-electron chi connectivity index (χ1n) is 6.03. The Morgan fingerprint density at radius 2 is 2.00 bits per heavy atom. The number of aromatic amines is 1. The Bertz CT molecular complexity index is 847. The molecule has 3 rings (SSSR count). The molecule has 0 spiro atoms. The van der Waals surface area contributed by atoms with E-state index in [0.717, 1.165) is 5.56 Å². The van der Waals surface area contributed by atoms with Crippen LogP contribution >= 0.6 is 11.6 Å². The van der Waals surface area contributed by atoms with Gasteiger partial charge in [-0.3, -0.25) is 9.78 Å². The number of aromatic nitrogens is 1. The third-order valence-corrected chi connectivity index (χ3v) is 3.42. The van der Waals surface area contributed by atoms with Crippen molar-refractivity contribution in [3.63, 3.8) is 0 Å². The Kier molecular flexibility index (Phi) is 3.16. The van der Waals surface area contributed by atoms with E-state index >= 15 is 0 Å². The quantitative estimate of drug-likeness (QED) is 0.752. The monoisotopic (exact) mass is 287 g/mol. The molecule has 20 heavy (non-hydrogen) atoms. The van der Waals surface area contributed by atoms with Crippen LogP contribution in [0.25, 0.3) is 11.1 Å². The maximum atomic E-state index is 12.2. The summed E-state index contributed by atoms with van der Waals surface area (Å²) in [7, 11) is 0. The van der Waals surface area contributed by atoms with Crippen LogP contribution < -0.4 is 5.76 Å². The van der Waals surface area contributed by atoms with Crippen LogP contribution in [0, 0.1) is 0 Å². The molecular formula is C15H10ClNO3. The number of H-pyrrole nitrogens is 1. The molecule has 0 fully saturated rings. The van der Waals surface area contributed by atoms with Gasteiger partial charge in [-0.15, -0.1) is 0 Å². The molecule has 0 saturated carbocycles. The molecule has 0 aliphatic carbocycles. The summed E-state index contributed by atoms with van der Waals surface area (Å²) in [5, 5.41) is 0.565. The zero-order valence-corrected chi connectivity index (χ0v) is 11.1. The highest BCUT2D eigenvalue weighted by Gasteiger charge is 2.11. The minimum absolute atomic E-state index is 0.0798. The number of fused-ring (bicyclic) bond motifs is 1. The van der Waals surface area contributed by atoms with Crippen LogP contribution in [-0.2, 0) is 6.42 Å². The largest absolute Gasteiger partial charge is 0.417 e. The van der Waals surface area contributed by atoms with E-state index < -0.39 is 5.76 Å². The van der Waals surface area contributed by atoms with Crippen LogP contribution in [-0.4, -0.2) is 10.8 Å². The van der Waals surface area contributed by atoms with Crippen LogP contribution in [0.2, 0.25) is 5.02 Å². The standard InChI is InChI=1S/C15H10ClNO3/c16-11-4-2-1-3-9(11)7-13(18)10-5-6-12-14(8-10)20-15(19)17-12/h1-6,8H,7H2,(H,17,19). The summed E-state index contributed by atoms with van der Waals surface area (Å²) in [6.07, 6.45) is 0.208. The second-order valence-corrected chi connectivity index (χ2v) is 4.82. The predicted octanol–water partition coefficient (Wildman–Crippen LogP) is 3.20. The van der Waals surface area contributed by atoms with Gasteiger partial charge in [0.1, 0.15) is 0 Å². The van der Waals surface area contributed by atoms with Crippen LogP contribution in [0.15, 0.2) is 51.7 Å². The van der Waals surface area contributed by atoms with E-state index in [1.807, 2.05) is 18.2 Å². The average Bonchev–Trinajstić information content (AvgIpc) is 2.80. The minimum atomic E-state index is -0.532. The second-order valence-electron chi connectivity index (χ2n) is 4.42. The molecule has 1 N–H and O–H groups in total. The molecular weight excluding hydrogens is 278 g/mol. The molecule has 4 nitrogen and oxygen atoms in total. The van der Waals surface area contributed by atoms with Gasteiger partial charge in [-0.05, 0) is 29.8 Å². The summed E-state index contributed by atoms with van der Waals surface area (Å²) in [5.74, 6) is -0.612. The molecule has 0 amide bonds. The highest BCUT2D eigenvalue weighted by molar-refractivity contribution is 6.31. The van der Waals surface area contributed by atoms with E-state index in [4.69, 9.17) is 16.0 Å². The van der Waals surface area contributed by atoms with Gasteiger partial charge in [0.05, 0.1) is 5.52 Å². The number of hydrogen-bond donors (Lipinski definition) is 1. The summed E-state index contributed by atoms with van der Waals surface area (Å²) < 4.78 is 4.94. The van der Waals surface area contributed by atoms with Crippen LogP contribution in [0.4, 0.5) is 0 Å². The molecule has 0 aliphatic heterocycles. The van der Waals surface area contributed by atoms with Crippen molar-refractivity contribution in [3.8, 4) is 0 Å². The van der Waals surface area contributed by atoms with Crippen molar-refractivity contribution in [3.05, 3.63) is 69.2 Å². The summed E-state index contributed by atoms with van der Waals surface area (Å²) in [6.45, 7) is 0. The van der Waals surface area contributed by atoms with Crippen molar-refractivity contribution in [1.82, 2.24) is 4.98 Å². The Morgan fingerprint density at radius 3 is 2.80 bits per heavy atom. The van der Waals surface area contributed by atoms with Gasteiger partial charge in [-0.25, -0.2) is 4.79 Å². The molecule has 0 saturated heterocycles. The molecule has 1 aromatic heterocycles. The molecule has 0 atom stereocenters. The van der Waals surface area contributed by atoms with Crippen molar-refractivity contribution in [2.45, 2.75) is 6.42 Å². The SMILES string of the molecule is O=C(Cc1ccccc1Cl)c1ccc2[nH]c(=O)oc2c1. The topological polar surface area (TPSA) is 63.1 Å². The lowest BCUT2D eigenvalue weighted by Crippen LogP contribution is -2.03. The summed E-state index contributed by atoms with van der Waals surface area (Å²) in [4.78, 5) is 25.8. The van der Waals surface area contributed by atoms with Gasteiger partial charge >= 0.3 is 5.76 Å². The van der Waals surface area contributed by atoms with Crippen molar-refractivity contribution in [2.75, 3.05) is 0 Å². The normalized spacial score (nSPS) is 10.8. The Morgan fingerprint density at radius 1 is 1.20 bits per heavy atom. The molecule has 1 heterocycles. The predicted molar refractivity (Wildman–Crippen MR) is 76.3 cm³/mol. The molecule has 0 radical (unpaired) electrons. The number of nitrogens with one attached hydrogen (secondary N) is 1. The van der Waals surface area contributed by atoms with Crippen molar-refractivity contribution in [2.24, 2.45) is 0 Å². The van der Waals surface area contributed by atoms with Gasteiger partial charge in [0.15, 0.2) is 11.4 Å². The summed E-state index contributed by atoms with van der Waals surface area (Å²) in [6, 6.07) is 12.1. The number of hydrogen-bond acceptors (Lipinski definition) is 3. The molecule has 5 heteroatoms.